The Kier molecular flexibility index (Phi) is 4.14. The molecule has 2 aromatic heterocycles. The summed E-state index contributed by atoms with van der Waals surface area (Å²) in [5, 5.41) is 10.3. The summed E-state index contributed by atoms with van der Waals surface area (Å²) in [6.45, 7) is 2.01. The number of hydrogen-bond acceptors (Lipinski definition) is 2. The highest BCUT2D eigenvalue weighted by atomic mass is 16.4. The Hall–Kier alpha value is -2.82. The number of benzene rings is 1. The van der Waals surface area contributed by atoms with Crippen molar-refractivity contribution in [3.63, 3.8) is 0 Å². The molecule has 3 aromatic rings. The molecule has 1 amide bonds. The Morgan fingerprint density at radius 3 is 2.60 bits per heavy atom. The van der Waals surface area contributed by atoms with Crippen molar-refractivity contribution in [2.24, 2.45) is 0 Å². The Balaban J connectivity index is 1.60. The van der Waals surface area contributed by atoms with Crippen molar-refractivity contribution in [3.05, 3.63) is 66.1 Å². The lowest BCUT2D eigenvalue weighted by Crippen LogP contribution is -2.37. The quantitative estimate of drug-likeness (QED) is 0.788. The van der Waals surface area contributed by atoms with Crippen molar-refractivity contribution >= 4 is 17.0 Å². The normalized spacial score (nSPS) is 15.6. The fourth-order valence-corrected chi connectivity index (χ4v) is 3.73. The highest BCUT2D eigenvalue weighted by molar-refractivity contribution is 5.83. The van der Waals surface area contributed by atoms with E-state index < -0.39 is 6.09 Å². The van der Waals surface area contributed by atoms with Crippen molar-refractivity contribution in [1.29, 1.82) is 0 Å². The van der Waals surface area contributed by atoms with Gasteiger partial charge >= 0.3 is 6.09 Å². The number of piperidine rings is 1. The summed E-state index contributed by atoms with van der Waals surface area (Å²) in [7, 11) is 0. The molecule has 1 aliphatic rings. The maximum Gasteiger partial charge on any atom is 0.407 e. The van der Waals surface area contributed by atoms with E-state index in [1.165, 1.54) is 21.4 Å². The van der Waals surface area contributed by atoms with E-state index in [0.717, 1.165) is 25.1 Å². The highest BCUT2D eigenvalue weighted by Crippen LogP contribution is 2.32. The molecule has 1 aromatic carbocycles. The van der Waals surface area contributed by atoms with Crippen molar-refractivity contribution in [2.45, 2.75) is 25.3 Å². The zero-order chi connectivity index (χ0) is 17.2. The molecule has 128 valence electrons. The second-order valence-electron chi connectivity index (χ2n) is 6.60. The average molecular weight is 335 g/mol. The number of fused-ring (bicyclic) bond motifs is 1. The molecule has 0 radical (unpaired) electrons. The molecule has 3 heterocycles. The molecule has 0 atom stereocenters. The van der Waals surface area contributed by atoms with E-state index in [4.69, 9.17) is 5.11 Å². The monoisotopic (exact) mass is 335 g/mol. The second-order valence-corrected chi connectivity index (χ2v) is 6.60. The summed E-state index contributed by atoms with van der Waals surface area (Å²) in [5.74, 6) is 0.326. The molecular weight excluding hydrogens is 314 g/mol. The summed E-state index contributed by atoms with van der Waals surface area (Å²) in [6.07, 6.45) is 4.85. The fraction of sp³-hybridized carbons (Fsp3) is 0.300. The van der Waals surface area contributed by atoms with Gasteiger partial charge in [0, 0.05) is 43.3 Å². The topological polar surface area (TPSA) is 58.4 Å². The first kappa shape index (κ1) is 15.7. The summed E-state index contributed by atoms with van der Waals surface area (Å²) < 4.78 is 2.25. The van der Waals surface area contributed by atoms with Crippen LogP contribution < -0.4 is 0 Å². The molecule has 0 unspecified atom stereocenters. The van der Waals surface area contributed by atoms with Crippen LogP contribution in [0.2, 0.25) is 0 Å². The van der Waals surface area contributed by atoms with Crippen LogP contribution in [0.3, 0.4) is 0 Å². The van der Waals surface area contributed by atoms with Gasteiger partial charge in [-0.25, -0.2) is 4.79 Å². The molecule has 0 aliphatic carbocycles. The minimum absolute atomic E-state index is 0.326. The van der Waals surface area contributed by atoms with Crippen molar-refractivity contribution < 1.29 is 9.90 Å². The number of likely N-dealkylation sites (tertiary alicyclic amines) is 1. The van der Waals surface area contributed by atoms with Gasteiger partial charge in [0.1, 0.15) is 0 Å². The molecule has 5 nitrogen and oxygen atoms in total. The standard InChI is InChI=1S/C20H21N3O2/c24-20(25)22-11-7-16(8-12-22)19-17-9-13-23(18(17)6-10-21-19)14-15-4-2-1-3-5-15/h1-6,9-10,13,16H,7-8,11-12,14H2,(H,24,25). The van der Waals surface area contributed by atoms with E-state index in [9.17, 15) is 4.79 Å². The molecule has 0 bridgehead atoms. The van der Waals surface area contributed by atoms with Gasteiger partial charge in [0.25, 0.3) is 0 Å². The van der Waals surface area contributed by atoms with Gasteiger partial charge in [-0.05, 0) is 30.5 Å². The molecule has 1 aliphatic heterocycles. The largest absolute Gasteiger partial charge is 0.465 e. The average Bonchev–Trinajstić information content (AvgIpc) is 3.06. The third-order valence-electron chi connectivity index (χ3n) is 5.08. The van der Waals surface area contributed by atoms with Crippen molar-refractivity contribution in [3.8, 4) is 0 Å². The van der Waals surface area contributed by atoms with Crippen LogP contribution in [0.5, 0.6) is 0 Å². The first-order valence-corrected chi connectivity index (χ1v) is 8.68. The van der Waals surface area contributed by atoms with Gasteiger partial charge < -0.3 is 14.6 Å². The predicted molar refractivity (Wildman–Crippen MR) is 96.8 cm³/mol. The molecule has 0 spiro atoms. The van der Waals surface area contributed by atoms with Crippen LogP contribution in [0, 0.1) is 0 Å². The van der Waals surface area contributed by atoms with Gasteiger partial charge in [0.2, 0.25) is 0 Å². The molecule has 1 N–H and O–H groups in total. The Bertz CT molecular complexity index is 880. The van der Waals surface area contributed by atoms with Crippen LogP contribution in [0.4, 0.5) is 4.79 Å². The number of pyridine rings is 1. The predicted octanol–water partition coefficient (Wildman–Crippen LogP) is 3.94. The van der Waals surface area contributed by atoms with Gasteiger partial charge in [0.15, 0.2) is 0 Å². The van der Waals surface area contributed by atoms with Crippen LogP contribution >= 0.6 is 0 Å². The number of hydrogen-bond donors (Lipinski definition) is 1. The van der Waals surface area contributed by atoms with Gasteiger partial charge in [-0.15, -0.1) is 0 Å². The van der Waals surface area contributed by atoms with E-state index in [2.05, 4.69) is 52.1 Å². The number of nitrogens with zero attached hydrogens (tertiary/aromatic N) is 3. The smallest absolute Gasteiger partial charge is 0.407 e. The van der Waals surface area contributed by atoms with E-state index >= 15 is 0 Å². The molecule has 25 heavy (non-hydrogen) atoms. The molecule has 4 rings (SSSR count). The molecule has 5 heteroatoms. The number of amides is 1. The summed E-state index contributed by atoms with van der Waals surface area (Å²) in [5.41, 5.74) is 3.57. The molecular formula is C20H21N3O2. The lowest BCUT2D eigenvalue weighted by atomic mass is 9.91. The van der Waals surface area contributed by atoms with E-state index in [-0.39, 0.29) is 0 Å². The third-order valence-corrected chi connectivity index (χ3v) is 5.08. The lowest BCUT2D eigenvalue weighted by molar-refractivity contribution is 0.132. The second kappa shape index (κ2) is 6.59. The third kappa shape index (κ3) is 3.09. The van der Waals surface area contributed by atoms with Crippen LogP contribution in [-0.4, -0.2) is 38.7 Å². The minimum atomic E-state index is -0.821. The van der Waals surface area contributed by atoms with E-state index in [1.54, 1.807) is 0 Å². The number of aromatic nitrogens is 2. The number of carboxylic acid groups (broad SMARTS) is 1. The van der Waals surface area contributed by atoms with Crippen LogP contribution in [-0.2, 0) is 6.54 Å². The molecule has 0 saturated carbocycles. The lowest BCUT2D eigenvalue weighted by Gasteiger charge is -2.29. The van der Waals surface area contributed by atoms with Crippen LogP contribution in [0.1, 0.15) is 30.0 Å². The Morgan fingerprint density at radius 2 is 1.88 bits per heavy atom. The van der Waals surface area contributed by atoms with Crippen molar-refractivity contribution in [1.82, 2.24) is 14.5 Å². The summed E-state index contributed by atoms with van der Waals surface area (Å²) in [4.78, 5) is 17.2. The minimum Gasteiger partial charge on any atom is -0.465 e. The van der Waals surface area contributed by atoms with Gasteiger partial charge in [-0.1, -0.05) is 30.3 Å². The van der Waals surface area contributed by atoms with E-state index in [1.807, 2.05) is 12.3 Å². The maximum atomic E-state index is 11.1. The van der Waals surface area contributed by atoms with Crippen LogP contribution in [0.25, 0.3) is 10.9 Å². The molecule has 1 saturated heterocycles. The zero-order valence-corrected chi connectivity index (χ0v) is 14.0. The number of carbonyl (C=O) groups is 1. The summed E-state index contributed by atoms with van der Waals surface area (Å²) in [6, 6.07) is 14.6. The SMILES string of the molecule is O=C(O)N1CCC(c2nccc3c2ccn3Cc2ccccc2)CC1. The first-order chi connectivity index (χ1) is 12.2. The molecule has 1 fully saturated rings. The maximum absolute atomic E-state index is 11.1. The number of rotatable bonds is 3. The highest BCUT2D eigenvalue weighted by Gasteiger charge is 2.25. The zero-order valence-electron chi connectivity index (χ0n) is 14.0. The van der Waals surface area contributed by atoms with Crippen molar-refractivity contribution in [2.75, 3.05) is 13.1 Å². The van der Waals surface area contributed by atoms with Gasteiger partial charge in [-0.2, -0.15) is 0 Å². The van der Waals surface area contributed by atoms with Gasteiger partial charge in [-0.3, -0.25) is 4.98 Å². The Morgan fingerprint density at radius 1 is 1.12 bits per heavy atom. The first-order valence-electron chi connectivity index (χ1n) is 8.68. The fourth-order valence-electron chi connectivity index (χ4n) is 3.73. The van der Waals surface area contributed by atoms with Gasteiger partial charge in [0.05, 0.1) is 11.2 Å². The van der Waals surface area contributed by atoms with Crippen LogP contribution in [0.15, 0.2) is 54.9 Å². The summed E-state index contributed by atoms with van der Waals surface area (Å²) >= 11 is 0. The van der Waals surface area contributed by atoms with E-state index in [0.29, 0.717) is 19.0 Å². The Labute approximate surface area is 146 Å².